The van der Waals surface area contributed by atoms with Crippen LogP contribution in [0.15, 0.2) is 18.3 Å². The summed E-state index contributed by atoms with van der Waals surface area (Å²) in [6.07, 6.45) is 3.49. The van der Waals surface area contributed by atoms with Gasteiger partial charge in [-0.2, -0.15) is 15.4 Å². The molecule has 0 amide bonds. The van der Waals surface area contributed by atoms with E-state index in [1.54, 1.807) is 27.5 Å². The van der Waals surface area contributed by atoms with Gasteiger partial charge in [0.25, 0.3) is 0 Å². The second-order valence-electron chi connectivity index (χ2n) is 4.69. The highest BCUT2D eigenvalue weighted by molar-refractivity contribution is 5.56. The summed E-state index contributed by atoms with van der Waals surface area (Å²) in [5.74, 6) is 2.27. The summed E-state index contributed by atoms with van der Waals surface area (Å²) in [5, 5.41) is 10.6. The van der Waals surface area contributed by atoms with E-state index in [9.17, 15) is 0 Å². The molecule has 0 saturated heterocycles. The first-order valence-electron chi connectivity index (χ1n) is 6.88. The zero-order valence-electron chi connectivity index (χ0n) is 12.8. The van der Waals surface area contributed by atoms with Gasteiger partial charge in [0, 0.05) is 12.0 Å². The predicted octanol–water partition coefficient (Wildman–Crippen LogP) is 2.57. The van der Waals surface area contributed by atoms with Crippen LogP contribution in [0.1, 0.15) is 30.5 Å². The minimum atomic E-state index is 0.268. The summed E-state index contributed by atoms with van der Waals surface area (Å²) in [7, 11) is 4.87. The standard InChI is InChI=1S/C15H21N3O3/c1-5-10(8-11-9-16-18-17-11)12-6-7-13(19-2)15(21-4)14(12)20-3/h6-7,9-10H,5,8H2,1-4H3,(H,16,17,18). The monoisotopic (exact) mass is 291 g/mol. The molecule has 114 valence electrons. The number of nitrogens with zero attached hydrogens (tertiary/aromatic N) is 2. The molecule has 0 saturated carbocycles. The van der Waals surface area contributed by atoms with Gasteiger partial charge >= 0.3 is 0 Å². The normalized spacial score (nSPS) is 12.0. The number of aromatic nitrogens is 3. The van der Waals surface area contributed by atoms with Crippen LogP contribution in [0.25, 0.3) is 0 Å². The third-order valence-electron chi connectivity index (χ3n) is 3.59. The van der Waals surface area contributed by atoms with Gasteiger partial charge in [-0.15, -0.1) is 0 Å². The van der Waals surface area contributed by atoms with Gasteiger partial charge in [0.15, 0.2) is 11.5 Å². The number of hydrogen-bond donors (Lipinski definition) is 1. The lowest BCUT2D eigenvalue weighted by atomic mass is 9.91. The van der Waals surface area contributed by atoms with Gasteiger partial charge in [-0.3, -0.25) is 0 Å². The van der Waals surface area contributed by atoms with Gasteiger partial charge in [0.05, 0.1) is 33.2 Å². The minimum absolute atomic E-state index is 0.268. The molecule has 1 aromatic heterocycles. The van der Waals surface area contributed by atoms with Crippen molar-refractivity contribution in [2.45, 2.75) is 25.7 Å². The highest BCUT2D eigenvalue weighted by Crippen LogP contribution is 2.43. The SMILES string of the molecule is CCC(Cc1cn[nH]n1)c1ccc(OC)c(OC)c1OC. The van der Waals surface area contributed by atoms with E-state index >= 15 is 0 Å². The molecule has 0 fully saturated rings. The van der Waals surface area contributed by atoms with Crippen LogP contribution in [-0.2, 0) is 6.42 Å². The highest BCUT2D eigenvalue weighted by atomic mass is 16.5. The Hall–Kier alpha value is -2.24. The fraction of sp³-hybridized carbons (Fsp3) is 0.467. The van der Waals surface area contributed by atoms with E-state index in [4.69, 9.17) is 14.2 Å². The Balaban J connectivity index is 2.40. The maximum Gasteiger partial charge on any atom is 0.203 e. The zero-order chi connectivity index (χ0) is 15.2. The number of aromatic amines is 1. The van der Waals surface area contributed by atoms with Crippen molar-refractivity contribution in [3.05, 3.63) is 29.6 Å². The van der Waals surface area contributed by atoms with Crippen LogP contribution in [0.3, 0.4) is 0 Å². The first-order chi connectivity index (χ1) is 10.2. The molecule has 6 nitrogen and oxygen atoms in total. The Bertz CT molecular complexity index is 570. The first kappa shape index (κ1) is 15.2. The van der Waals surface area contributed by atoms with Gasteiger partial charge in [-0.25, -0.2) is 0 Å². The second kappa shape index (κ2) is 6.97. The lowest BCUT2D eigenvalue weighted by Gasteiger charge is -2.20. The highest BCUT2D eigenvalue weighted by Gasteiger charge is 2.22. The average Bonchev–Trinajstić information content (AvgIpc) is 3.04. The number of H-pyrrole nitrogens is 1. The van der Waals surface area contributed by atoms with Gasteiger partial charge in [-0.1, -0.05) is 13.0 Å². The molecule has 2 aromatic rings. The molecule has 0 aliphatic heterocycles. The summed E-state index contributed by atoms with van der Waals surface area (Å²) in [6, 6.07) is 3.93. The molecular weight excluding hydrogens is 270 g/mol. The van der Waals surface area contributed by atoms with Gasteiger partial charge < -0.3 is 14.2 Å². The number of hydrogen-bond acceptors (Lipinski definition) is 5. The number of benzene rings is 1. The van der Waals surface area contributed by atoms with Crippen molar-refractivity contribution in [1.82, 2.24) is 15.4 Å². The number of rotatable bonds is 7. The van der Waals surface area contributed by atoms with E-state index in [-0.39, 0.29) is 5.92 Å². The van der Waals surface area contributed by atoms with Gasteiger partial charge in [0.2, 0.25) is 5.75 Å². The van der Waals surface area contributed by atoms with E-state index in [0.29, 0.717) is 17.2 Å². The van der Waals surface area contributed by atoms with Crippen LogP contribution in [0, 0.1) is 0 Å². The van der Waals surface area contributed by atoms with Gasteiger partial charge in [0.1, 0.15) is 0 Å². The molecule has 0 spiro atoms. The lowest BCUT2D eigenvalue weighted by Crippen LogP contribution is -2.06. The Morgan fingerprint density at radius 2 is 1.86 bits per heavy atom. The zero-order valence-corrected chi connectivity index (χ0v) is 12.8. The predicted molar refractivity (Wildman–Crippen MR) is 79.2 cm³/mol. The number of nitrogens with one attached hydrogen (secondary N) is 1. The van der Waals surface area contributed by atoms with Crippen molar-refractivity contribution < 1.29 is 14.2 Å². The molecule has 1 atom stereocenters. The van der Waals surface area contributed by atoms with E-state index < -0.39 is 0 Å². The molecule has 1 aromatic carbocycles. The van der Waals surface area contributed by atoms with Crippen LogP contribution >= 0.6 is 0 Å². The van der Waals surface area contributed by atoms with Gasteiger partial charge in [-0.05, 0) is 18.4 Å². The van der Waals surface area contributed by atoms with Crippen molar-refractivity contribution in [1.29, 1.82) is 0 Å². The average molecular weight is 291 g/mol. The van der Waals surface area contributed by atoms with Crippen molar-refractivity contribution in [2.24, 2.45) is 0 Å². The largest absolute Gasteiger partial charge is 0.493 e. The van der Waals surface area contributed by atoms with Crippen molar-refractivity contribution in [3.63, 3.8) is 0 Å². The molecule has 1 unspecified atom stereocenters. The summed E-state index contributed by atoms with van der Waals surface area (Å²) in [5.41, 5.74) is 2.01. The van der Waals surface area contributed by atoms with Crippen LogP contribution in [0.2, 0.25) is 0 Å². The Kier molecular flexibility index (Phi) is 5.03. The van der Waals surface area contributed by atoms with Crippen LogP contribution in [0.5, 0.6) is 17.2 Å². The maximum absolute atomic E-state index is 5.56. The fourth-order valence-corrected chi connectivity index (χ4v) is 2.50. The van der Waals surface area contributed by atoms with E-state index in [1.807, 2.05) is 12.1 Å². The Morgan fingerprint density at radius 1 is 1.10 bits per heavy atom. The van der Waals surface area contributed by atoms with E-state index in [1.165, 1.54) is 0 Å². The molecule has 0 aliphatic rings. The molecule has 0 radical (unpaired) electrons. The van der Waals surface area contributed by atoms with Crippen LogP contribution in [-0.4, -0.2) is 36.7 Å². The minimum Gasteiger partial charge on any atom is -0.493 e. The molecule has 6 heteroatoms. The third-order valence-corrected chi connectivity index (χ3v) is 3.59. The summed E-state index contributed by atoms with van der Waals surface area (Å²) in [6.45, 7) is 2.14. The molecular formula is C15H21N3O3. The summed E-state index contributed by atoms with van der Waals surface area (Å²) < 4.78 is 16.3. The topological polar surface area (TPSA) is 69.3 Å². The van der Waals surface area contributed by atoms with Crippen molar-refractivity contribution in [3.8, 4) is 17.2 Å². The quantitative estimate of drug-likeness (QED) is 0.849. The molecule has 1 heterocycles. The van der Waals surface area contributed by atoms with Crippen LogP contribution in [0.4, 0.5) is 0 Å². The molecule has 21 heavy (non-hydrogen) atoms. The lowest BCUT2D eigenvalue weighted by molar-refractivity contribution is 0.320. The fourth-order valence-electron chi connectivity index (χ4n) is 2.50. The molecule has 2 rings (SSSR count). The Morgan fingerprint density at radius 3 is 2.38 bits per heavy atom. The molecule has 0 aliphatic carbocycles. The number of methoxy groups -OCH3 is 3. The maximum atomic E-state index is 5.56. The second-order valence-corrected chi connectivity index (χ2v) is 4.69. The first-order valence-corrected chi connectivity index (χ1v) is 6.88. The molecule has 1 N–H and O–H groups in total. The summed E-state index contributed by atoms with van der Waals surface area (Å²) >= 11 is 0. The summed E-state index contributed by atoms with van der Waals surface area (Å²) in [4.78, 5) is 0. The van der Waals surface area contributed by atoms with E-state index in [0.717, 1.165) is 24.1 Å². The van der Waals surface area contributed by atoms with Crippen molar-refractivity contribution in [2.75, 3.05) is 21.3 Å². The third kappa shape index (κ3) is 3.09. The smallest absolute Gasteiger partial charge is 0.203 e. The van der Waals surface area contributed by atoms with Crippen molar-refractivity contribution >= 4 is 0 Å². The van der Waals surface area contributed by atoms with Crippen LogP contribution < -0.4 is 14.2 Å². The number of ether oxygens (including phenoxy) is 3. The Labute approximate surface area is 124 Å². The molecule has 0 bridgehead atoms. The van der Waals surface area contributed by atoms with E-state index in [2.05, 4.69) is 22.3 Å².